The third kappa shape index (κ3) is 3.14. The lowest BCUT2D eigenvalue weighted by Crippen LogP contribution is -2.14. The van der Waals surface area contributed by atoms with Crippen LogP contribution in [-0.4, -0.2) is 24.5 Å². The van der Waals surface area contributed by atoms with E-state index in [4.69, 9.17) is 5.11 Å². The van der Waals surface area contributed by atoms with Crippen molar-refractivity contribution in [3.05, 3.63) is 52.8 Å². The van der Waals surface area contributed by atoms with Crippen LogP contribution in [0.4, 0.5) is 5.69 Å². The Balaban J connectivity index is 2.39. The Hall–Kier alpha value is -1.93. The Bertz CT molecular complexity index is 747. The van der Waals surface area contributed by atoms with Gasteiger partial charge in [0, 0.05) is 16.9 Å². The number of nitrogens with one attached hydrogen (secondary N) is 1. The van der Waals surface area contributed by atoms with Crippen LogP contribution < -0.4 is 4.72 Å². The lowest BCUT2D eigenvalue weighted by atomic mass is 10.2. The van der Waals surface area contributed by atoms with Crippen LogP contribution >= 0.6 is 15.9 Å². The molecule has 2 rings (SSSR count). The Morgan fingerprint density at radius 3 is 2.65 bits per heavy atom. The average molecular weight is 357 g/mol. The molecule has 0 bridgehead atoms. The molecular formula is C12H9BrN2O4S. The number of carboxylic acid groups (broad SMARTS) is 1. The second-order valence-corrected chi connectivity index (χ2v) is 6.33. The number of benzene rings is 1. The van der Waals surface area contributed by atoms with Crippen molar-refractivity contribution in [3.63, 3.8) is 0 Å². The zero-order valence-electron chi connectivity index (χ0n) is 9.95. The standard InChI is InChI=1S/C12H9BrN2O4S/c13-10-4-3-8(12(16)17)6-11(10)15-20(18,19)9-2-1-5-14-7-9/h1-7,15H,(H,16,17). The van der Waals surface area contributed by atoms with Gasteiger partial charge in [-0.1, -0.05) is 0 Å². The number of pyridine rings is 1. The number of hydrogen-bond acceptors (Lipinski definition) is 4. The van der Waals surface area contributed by atoms with Crippen molar-refractivity contribution >= 4 is 37.6 Å². The summed E-state index contributed by atoms with van der Waals surface area (Å²) >= 11 is 3.17. The monoisotopic (exact) mass is 356 g/mol. The van der Waals surface area contributed by atoms with E-state index in [1.807, 2.05) is 0 Å². The number of carboxylic acids is 1. The predicted molar refractivity (Wildman–Crippen MR) is 76.1 cm³/mol. The number of halogens is 1. The largest absolute Gasteiger partial charge is 0.478 e. The van der Waals surface area contributed by atoms with Gasteiger partial charge in [0.1, 0.15) is 4.90 Å². The van der Waals surface area contributed by atoms with Crippen molar-refractivity contribution in [2.45, 2.75) is 4.90 Å². The van der Waals surface area contributed by atoms with Crippen molar-refractivity contribution in [2.24, 2.45) is 0 Å². The molecule has 104 valence electrons. The number of carbonyl (C=O) groups is 1. The smallest absolute Gasteiger partial charge is 0.335 e. The Morgan fingerprint density at radius 2 is 2.05 bits per heavy atom. The highest BCUT2D eigenvalue weighted by atomic mass is 79.9. The molecule has 6 nitrogen and oxygen atoms in total. The molecule has 0 radical (unpaired) electrons. The van der Waals surface area contributed by atoms with E-state index in [9.17, 15) is 13.2 Å². The number of aromatic nitrogens is 1. The van der Waals surface area contributed by atoms with Gasteiger partial charge in [-0.3, -0.25) is 9.71 Å². The summed E-state index contributed by atoms with van der Waals surface area (Å²) in [6, 6.07) is 6.96. The molecule has 0 spiro atoms. The summed E-state index contributed by atoms with van der Waals surface area (Å²) in [5.74, 6) is -1.14. The molecule has 2 aromatic rings. The van der Waals surface area contributed by atoms with Gasteiger partial charge in [-0.15, -0.1) is 0 Å². The van der Waals surface area contributed by atoms with Gasteiger partial charge in [0.05, 0.1) is 11.3 Å². The SMILES string of the molecule is O=C(O)c1ccc(Br)c(NS(=O)(=O)c2cccnc2)c1. The van der Waals surface area contributed by atoms with E-state index in [0.29, 0.717) is 4.47 Å². The molecule has 1 heterocycles. The van der Waals surface area contributed by atoms with Crippen molar-refractivity contribution in [1.29, 1.82) is 0 Å². The van der Waals surface area contributed by atoms with E-state index in [0.717, 1.165) is 0 Å². The summed E-state index contributed by atoms with van der Waals surface area (Å²) in [5.41, 5.74) is 0.130. The second kappa shape index (κ2) is 5.59. The van der Waals surface area contributed by atoms with E-state index in [1.54, 1.807) is 0 Å². The van der Waals surface area contributed by atoms with Crippen LogP contribution in [0.3, 0.4) is 0 Å². The van der Waals surface area contributed by atoms with Crippen LogP contribution in [0.15, 0.2) is 52.1 Å². The zero-order chi connectivity index (χ0) is 14.8. The fourth-order valence-electron chi connectivity index (χ4n) is 1.45. The molecule has 0 aliphatic heterocycles. The minimum atomic E-state index is -3.81. The fraction of sp³-hybridized carbons (Fsp3) is 0. The van der Waals surface area contributed by atoms with Gasteiger partial charge >= 0.3 is 5.97 Å². The van der Waals surface area contributed by atoms with Crippen molar-refractivity contribution in [2.75, 3.05) is 4.72 Å². The summed E-state index contributed by atoms with van der Waals surface area (Å²) in [5, 5.41) is 8.91. The Kier molecular flexibility index (Phi) is 4.05. The van der Waals surface area contributed by atoms with Gasteiger partial charge in [-0.25, -0.2) is 13.2 Å². The number of anilines is 1. The molecule has 0 saturated carbocycles. The van der Waals surface area contributed by atoms with Gasteiger partial charge in [-0.2, -0.15) is 0 Å². The van der Waals surface area contributed by atoms with E-state index in [1.165, 1.54) is 42.7 Å². The van der Waals surface area contributed by atoms with Gasteiger partial charge < -0.3 is 5.11 Å². The van der Waals surface area contributed by atoms with Crippen LogP contribution in [0.5, 0.6) is 0 Å². The third-order valence-electron chi connectivity index (χ3n) is 2.40. The summed E-state index contributed by atoms with van der Waals surface area (Å²) in [6.07, 6.45) is 2.66. The highest BCUT2D eigenvalue weighted by Crippen LogP contribution is 2.26. The number of sulfonamides is 1. The van der Waals surface area contributed by atoms with Crippen LogP contribution in [0.2, 0.25) is 0 Å². The van der Waals surface area contributed by atoms with Crippen LogP contribution in [0.25, 0.3) is 0 Å². The first kappa shape index (κ1) is 14.5. The van der Waals surface area contributed by atoms with Crippen molar-refractivity contribution in [3.8, 4) is 0 Å². The molecular weight excluding hydrogens is 348 g/mol. The minimum Gasteiger partial charge on any atom is -0.478 e. The normalized spacial score (nSPS) is 11.1. The van der Waals surface area contributed by atoms with Gasteiger partial charge in [0.2, 0.25) is 0 Å². The first-order chi connectivity index (χ1) is 9.40. The molecule has 1 aromatic carbocycles. The van der Waals surface area contributed by atoms with Crippen LogP contribution in [0.1, 0.15) is 10.4 Å². The molecule has 20 heavy (non-hydrogen) atoms. The highest BCUT2D eigenvalue weighted by molar-refractivity contribution is 9.10. The van der Waals surface area contributed by atoms with Gasteiger partial charge in [-0.05, 0) is 46.3 Å². The predicted octanol–water partition coefficient (Wildman–Crippen LogP) is 2.34. The summed E-state index contributed by atoms with van der Waals surface area (Å²) in [4.78, 5) is 14.6. The molecule has 0 atom stereocenters. The minimum absolute atomic E-state index is 0.00683. The number of hydrogen-bond donors (Lipinski definition) is 2. The van der Waals surface area contributed by atoms with Crippen molar-refractivity contribution < 1.29 is 18.3 Å². The zero-order valence-corrected chi connectivity index (χ0v) is 12.3. The fourth-order valence-corrected chi connectivity index (χ4v) is 2.96. The summed E-state index contributed by atoms with van der Waals surface area (Å²) in [6.45, 7) is 0. The van der Waals surface area contributed by atoms with Gasteiger partial charge in [0.15, 0.2) is 0 Å². The molecule has 0 unspecified atom stereocenters. The van der Waals surface area contributed by atoms with E-state index in [-0.39, 0.29) is 16.1 Å². The molecule has 1 aromatic heterocycles. The average Bonchev–Trinajstić information content (AvgIpc) is 2.42. The number of nitrogens with zero attached hydrogens (tertiary/aromatic N) is 1. The quantitative estimate of drug-likeness (QED) is 0.876. The van der Waals surface area contributed by atoms with E-state index < -0.39 is 16.0 Å². The molecule has 0 aliphatic carbocycles. The van der Waals surface area contributed by atoms with E-state index in [2.05, 4.69) is 25.6 Å². The Labute approximate surface area is 123 Å². The topological polar surface area (TPSA) is 96.4 Å². The van der Waals surface area contributed by atoms with Crippen LogP contribution in [-0.2, 0) is 10.0 Å². The van der Waals surface area contributed by atoms with Crippen LogP contribution in [0, 0.1) is 0 Å². The summed E-state index contributed by atoms with van der Waals surface area (Å²) in [7, 11) is -3.81. The maximum atomic E-state index is 12.1. The molecule has 0 amide bonds. The lowest BCUT2D eigenvalue weighted by Gasteiger charge is -2.10. The van der Waals surface area contributed by atoms with Gasteiger partial charge in [0.25, 0.3) is 10.0 Å². The van der Waals surface area contributed by atoms with Crippen molar-refractivity contribution in [1.82, 2.24) is 4.98 Å². The lowest BCUT2D eigenvalue weighted by molar-refractivity contribution is 0.0697. The molecule has 2 N–H and O–H groups in total. The Morgan fingerprint density at radius 1 is 1.30 bits per heavy atom. The molecule has 0 saturated heterocycles. The first-order valence-corrected chi connectivity index (χ1v) is 7.63. The maximum absolute atomic E-state index is 12.1. The summed E-state index contributed by atoms with van der Waals surface area (Å²) < 4.78 is 27.0. The molecule has 8 heteroatoms. The maximum Gasteiger partial charge on any atom is 0.335 e. The molecule has 0 fully saturated rings. The third-order valence-corrected chi connectivity index (χ3v) is 4.44. The number of aromatic carboxylic acids is 1. The second-order valence-electron chi connectivity index (χ2n) is 3.79. The first-order valence-electron chi connectivity index (χ1n) is 5.36. The van der Waals surface area contributed by atoms with E-state index >= 15 is 0 Å². The molecule has 0 aliphatic rings. The highest BCUT2D eigenvalue weighted by Gasteiger charge is 2.16. The number of rotatable bonds is 4.